The van der Waals surface area contributed by atoms with E-state index in [1.54, 1.807) is 0 Å². The molecule has 1 N–H and O–H groups in total. The molecule has 112 valence electrons. The fourth-order valence-corrected chi connectivity index (χ4v) is 4.08. The van der Waals surface area contributed by atoms with E-state index in [2.05, 4.69) is 49.3 Å². The molecule has 0 aromatic heterocycles. The first-order chi connectivity index (χ1) is 9.58. The molecule has 1 aliphatic rings. The smallest absolute Gasteiger partial charge is 0.0642 e. The molecule has 1 saturated heterocycles. The number of nitrogens with one attached hydrogen (secondary N) is 1. The van der Waals surface area contributed by atoms with Crippen molar-refractivity contribution in [3.05, 3.63) is 28.8 Å². The van der Waals surface area contributed by atoms with Gasteiger partial charge in [0.25, 0.3) is 0 Å². The second kappa shape index (κ2) is 7.58. The zero-order chi connectivity index (χ0) is 14.5. The van der Waals surface area contributed by atoms with Crippen molar-refractivity contribution in [2.45, 2.75) is 32.9 Å². The highest BCUT2D eigenvalue weighted by Crippen LogP contribution is 2.31. The minimum absolute atomic E-state index is 0.627. The van der Waals surface area contributed by atoms with Crippen molar-refractivity contribution in [3.63, 3.8) is 0 Å². The second-order valence-corrected chi connectivity index (χ2v) is 7.50. The average molecular weight is 313 g/mol. The number of nitrogens with zero attached hydrogens (tertiary/aromatic N) is 1. The van der Waals surface area contributed by atoms with Crippen LogP contribution in [0.3, 0.4) is 0 Å². The van der Waals surface area contributed by atoms with Gasteiger partial charge >= 0.3 is 0 Å². The van der Waals surface area contributed by atoms with Gasteiger partial charge in [0, 0.05) is 25.4 Å². The van der Waals surface area contributed by atoms with E-state index in [0.29, 0.717) is 12.0 Å². The van der Waals surface area contributed by atoms with E-state index in [1.807, 2.05) is 11.8 Å². The van der Waals surface area contributed by atoms with Crippen LogP contribution >= 0.6 is 23.4 Å². The van der Waals surface area contributed by atoms with Gasteiger partial charge in [0.2, 0.25) is 0 Å². The van der Waals surface area contributed by atoms with Crippen molar-refractivity contribution in [1.82, 2.24) is 5.32 Å². The fraction of sp³-hybridized carbons (Fsp3) is 0.625. The summed E-state index contributed by atoms with van der Waals surface area (Å²) in [5, 5.41) is 4.33. The Morgan fingerprint density at radius 1 is 1.45 bits per heavy atom. The van der Waals surface area contributed by atoms with E-state index in [-0.39, 0.29) is 0 Å². The first-order valence-corrected chi connectivity index (χ1v) is 8.91. The van der Waals surface area contributed by atoms with Gasteiger partial charge in [-0.05, 0) is 42.3 Å². The summed E-state index contributed by atoms with van der Waals surface area (Å²) in [6.07, 6.45) is 1.26. The Balaban J connectivity index is 1.98. The van der Waals surface area contributed by atoms with Crippen LogP contribution < -0.4 is 10.2 Å². The van der Waals surface area contributed by atoms with E-state index in [0.717, 1.165) is 23.8 Å². The molecule has 2 nitrogen and oxygen atoms in total. The molecule has 0 saturated carbocycles. The van der Waals surface area contributed by atoms with Gasteiger partial charge in [-0.15, -0.1) is 0 Å². The summed E-state index contributed by atoms with van der Waals surface area (Å²) in [4.78, 5) is 2.34. The minimum atomic E-state index is 0.627. The number of halogens is 1. The maximum atomic E-state index is 6.47. The monoisotopic (exact) mass is 312 g/mol. The normalized spacial score (nSPS) is 18.8. The number of hydrogen-bond acceptors (Lipinski definition) is 3. The van der Waals surface area contributed by atoms with Crippen molar-refractivity contribution in [2.24, 2.45) is 5.92 Å². The molecule has 1 unspecified atom stereocenters. The van der Waals surface area contributed by atoms with Crippen molar-refractivity contribution in [1.29, 1.82) is 0 Å². The van der Waals surface area contributed by atoms with E-state index >= 15 is 0 Å². The Morgan fingerprint density at radius 2 is 2.25 bits per heavy atom. The molecule has 4 heteroatoms. The van der Waals surface area contributed by atoms with Gasteiger partial charge in [-0.3, -0.25) is 0 Å². The molecular formula is C16H25ClN2S. The molecule has 1 heterocycles. The Kier molecular flexibility index (Phi) is 6.06. The van der Waals surface area contributed by atoms with Gasteiger partial charge in [0.15, 0.2) is 0 Å². The zero-order valence-electron chi connectivity index (χ0n) is 12.7. The van der Waals surface area contributed by atoms with Crippen LogP contribution in [0.5, 0.6) is 0 Å². The standard InChI is InChI=1S/C16H25ClN2S/c1-12(2)9-18-10-13-4-5-16(15(17)8-13)19(3)14-6-7-20-11-14/h4-5,8,12,14,18H,6-7,9-11H2,1-3H3. The molecule has 1 aliphatic heterocycles. The number of rotatable bonds is 6. The summed E-state index contributed by atoms with van der Waals surface area (Å²) in [7, 11) is 2.16. The topological polar surface area (TPSA) is 15.3 Å². The lowest BCUT2D eigenvalue weighted by Crippen LogP contribution is -2.31. The summed E-state index contributed by atoms with van der Waals surface area (Å²) in [5.41, 5.74) is 2.42. The zero-order valence-corrected chi connectivity index (χ0v) is 14.2. The van der Waals surface area contributed by atoms with Gasteiger partial charge in [-0.2, -0.15) is 11.8 Å². The summed E-state index contributed by atoms with van der Waals surface area (Å²) in [5.74, 6) is 3.16. The minimum Gasteiger partial charge on any atom is -0.370 e. The van der Waals surface area contributed by atoms with Gasteiger partial charge in [-0.1, -0.05) is 31.5 Å². The highest BCUT2D eigenvalue weighted by atomic mass is 35.5. The quantitative estimate of drug-likeness (QED) is 0.854. The molecule has 1 aromatic carbocycles. The Labute approximate surface area is 132 Å². The molecule has 2 rings (SSSR count). The van der Waals surface area contributed by atoms with Crippen LogP contribution in [0.25, 0.3) is 0 Å². The number of anilines is 1. The van der Waals surface area contributed by atoms with Crippen molar-refractivity contribution in [3.8, 4) is 0 Å². The molecule has 0 aliphatic carbocycles. The molecule has 20 heavy (non-hydrogen) atoms. The van der Waals surface area contributed by atoms with E-state index < -0.39 is 0 Å². The molecule has 0 bridgehead atoms. The summed E-state index contributed by atoms with van der Waals surface area (Å²) in [6.45, 7) is 6.37. The predicted molar refractivity (Wildman–Crippen MR) is 92.1 cm³/mol. The Hall–Kier alpha value is -0.380. The van der Waals surface area contributed by atoms with Gasteiger partial charge in [0.1, 0.15) is 0 Å². The van der Waals surface area contributed by atoms with Crippen LogP contribution in [0, 0.1) is 5.92 Å². The van der Waals surface area contributed by atoms with Crippen molar-refractivity contribution >= 4 is 29.1 Å². The Bertz CT molecular complexity index is 430. The SMILES string of the molecule is CC(C)CNCc1ccc(N(C)C2CCSC2)c(Cl)c1. The third-order valence-electron chi connectivity index (χ3n) is 3.73. The van der Waals surface area contributed by atoms with E-state index in [1.165, 1.54) is 23.5 Å². The van der Waals surface area contributed by atoms with Crippen LogP contribution in [0.2, 0.25) is 5.02 Å². The Morgan fingerprint density at radius 3 is 2.85 bits per heavy atom. The maximum Gasteiger partial charge on any atom is 0.0642 e. The average Bonchev–Trinajstić information content (AvgIpc) is 2.91. The van der Waals surface area contributed by atoms with Gasteiger partial charge in [0.05, 0.1) is 10.7 Å². The van der Waals surface area contributed by atoms with Gasteiger partial charge < -0.3 is 10.2 Å². The third kappa shape index (κ3) is 4.31. The highest BCUT2D eigenvalue weighted by molar-refractivity contribution is 7.99. The van der Waals surface area contributed by atoms with Crippen LogP contribution in [0.1, 0.15) is 25.8 Å². The largest absolute Gasteiger partial charge is 0.370 e. The number of hydrogen-bond donors (Lipinski definition) is 1. The van der Waals surface area contributed by atoms with Crippen molar-refractivity contribution in [2.75, 3.05) is 30.0 Å². The van der Waals surface area contributed by atoms with E-state index in [9.17, 15) is 0 Å². The highest BCUT2D eigenvalue weighted by Gasteiger charge is 2.21. The lowest BCUT2D eigenvalue weighted by atomic mass is 10.1. The first-order valence-electron chi connectivity index (χ1n) is 7.37. The lowest BCUT2D eigenvalue weighted by Gasteiger charge is -2.27. The van der Waals surface area contributed by atoms with Crippen molar-refractivity contribution < 1.29 is 0 Å². The number of benzene rings is 1. The third-order valence-corrected chi connectivity index (χ3v) is 5.17. The fourth-order valence-electron chi connectivity index (χ4n) is 2.48. The lowest BCUT2D eigenvalue weighted by molar-refractivity contribution is 0.552. The summed E-state index contributed by atoms with van der Waals surface area (Å²) < 4.78 is 0. The van der Waals surface area contributed by atoms with E-state index in [4.69, 9.17) is 11.6 Å². The van der Waals surface area contributed by atoms with Crippen LogP contribution in [0.15, 0.2) is 18.2 Å². The molecule has 1 aromatic rings. The molecule has 1 atom stereocenters. The van der Waals surface area contributed by atoms with Gasteiger partial charge in [-0.25, -0.2) is 0 Å². The molecule has 0 spiro atoms. The summed E-state index contributed by atoms with van der Waals surface area (Å²) >= 11 is 8.50. The molecule has 0 amide bonds. The van der Waals surface area contributed by atoms with Crippen LogP contribution in [-0.2, 0) is 6.54 Å². The molecular weight excluding hydrogens is 288 g/mol. The molecule has 0 radical (unpaired) electrons. The second-order valence-electron chi connectivity index (χ2n) is 5.94. The summed E-state index contributed by atoms with van der Waals surface area (Å²) in [6, 6.07) is 7.08. The molecule has 1 fully saturated rings. The maximum absolute atomic E-state index is 6.47. The van der Waals surface area contributed by atoms with Crippen LogP contribution in [0.4, 0.5) is 5.69 Å². The predicted octanol–water partition coefficient (Wildman–Crippen LogP) is 4.03. The number of thioether (sulfide) groups is 1. The van der Waals surface area contributed by atoms with Crippen LogP contribution in [-0.4, -0.2) is 31.1 Å². The first kappa shape index (κ1) is 16.0.